The summed E-state index contributed by atoms with van der Waals surface area (Å²) < 4.78 is 7.07. The topological polar surface area (TPSA) is 67.7 Å². The van der Waals surface area contributed by atoms with Crippen molar-refractivity contribution in [2.75, 3.05) is 38.2 Å². The Hall–Kier alpha value is -4.13. The molecule has 0 N–H and O–H groups in total. The highest BCUT2D eigenvalue weighted by atomic mass is 16.5. The molecule has 178 valence electrons. The highest BCUT2D eigenvalue weighted by molar-refractivity contribution is 5.97. The molecule has 0 spiro atoms. The number of anilines is 1. The molecule has 2 heterocycles. The summed E-state index contributed by atoms with van der Waals surface area (Å²) in [6, 6.07) is 23.3. The van der Waals surface area contributed by atoms with Crippen LogP contribution in [0.15, 0.2) is 77.6 Å². The van der Waals surface area contributed by atoms with Crippen LogP contribution in [0, 0.1) is 6.92 Å². The van der Waals surface area contributed by atoms with Crippen LogP contribution in [0.1, 0.15) is 21.6 Å². The minimum atomic E-state index is -0.117. The zero-order chi connectivity index (χ0) is 24.4. The molecule has 35 heavy (non-hydrogen) atoms. The highest BCUT2D eigenvalue weighted by Gasteiger charge is 2.23. The number of benzene rings is 3. The molecule has 1 aliphatic rings. The fraction of sp³-hybridized carbons (Fsp3) is 0.250. The zero-order valence-electron chi connectivity index (χ0n) is 20.0. The molecule has 4 aromatic rings. The van der Waals surface area contributed by atoms with E-state index in [0.29, 0.717) is 36.4 Å². The summed E-state index contributed by atoms with van der Waals surface area (Å²) in [5.74, 6) is 0.808. The van der Waals surface area contributed by atoms with Gasteiger partial charge < -0.3 is 19.1 Å². The van der Waals surface area contributed by atoms with Crippen LogP contribution in [0.4, 0.5) is 5.69 Å². The molecule has 1 saturated heterocycles. The van der Waals surface area contributed by atoms with Crippen molar-refractivity contribution in [1.29, 1.82) is 0 Å². The summed E-state index contributed by atoms with van der Waals surface area (Å²) >= 11 is 0. The number of ether oxygens (including phenoxy) is 1. The van der Waals surface area contributed by atoms with Crippen molar-refractivity contribution in [3.05, 3.63) is 100.0 Å². The quantitative estimate of drug-likeness (QED) is 0.447. The molecule has 1 aromatic heterocycles. The number of carbonyl (C=O) groups excluding carboxylic acids is 1. The predicted molar refractivity (Wildman–Crippen MR) is 137 cm³/mol. The van der Waals surface area contributed by atoms with Crippen molar-refractivity contribution in [3.63, 3.8) is 0 Å². The van der Waals surface area contributed by atoms with Gasteiger partial charge in [-0.1, -0.05) is 36.4 Å². The largest absolute Gasteiger partial charge is 0.497 e. The van der Waals surface area contributed by atoms with E-state index in [1.165, 1.54) is 0 Å². The van der Waals surface area contributed by atoms with Gasteiger partial charge in [-0.3, -0.25) is 9.59 Å². The third-order valence-corrected chi connectivity index (χ3v) is 6.52. The summed E-state index contributed by atoms with van der Waals surface area (Å²) in [5.41, 5.74) is 4.40. The van der Waals surface area contributed by atoms with Crippen LogP contribution in [0.2, 0.25) is 0 Å². The number of aromatic nitrogens is 2. The average Bonchev–Trinajstić information content (AvgIpc) is 2.91. The number of methoxy groups -OCH3 is 1. The van der Waals surface area contributed by atoms with Crippen LogP contribution in [-0.2, 0) is 6.54 Å². The van der Waals surface area contributed by atoms with Gasteiger partial charge in [-0.25, -0.2) is 4.98 Å². The zero-order valence-corrected chi connectivity index (χ0v) is 20.0. The second kappa shape index (κ2) is 9.62. The summed E-state index contributed by atoms with van der Waals surface area (Å²) in [4.78, 5) is 34.8. The Morgan fingerprint density at radius 3 is 2.46 bits per heavy atom. The minimum Gasteiger partial charge on any atom is -0.497 e. The Morgan fingerprint density at radius 1 is 0.943 bits per heavy atom. The van der Waals surface area contributed by atoms with Crippen LogP contribution in [0.25, 0.3) is 11.0 Å². The smallest absolute Gasteiger partial charge is 0.272 e. The van der Waals surface area contributed by atoms with E-state index < -0.39 is 0 Å². The number of amides is 1. The first-order chi connectivity index (χ1) is 17.0. The van der Waals surface area contributed by atoms with Gasteiger partial charge in [0.15, 0.2) is 0 Å². The maximum atomic E-state index is 13.3. The van der Waals surface area contributed by atoms with Gasteiger partial charge in [-0.15, -0.1) is 0 Å². The molecule has 5 rings (SSSR count). The summed E-state index contributed by atoms with van der Waals surface area (Å²) in [5, 5.41) is 0. The fourth-order valence-electron chi connectivity index (χ4n) is 4.59. The first kappa shape index (κ1) is 22.7. The Morgan fingerprint density at radius 2 is 1.71 bits per heavy atom. The van der Waals surface area contributed by atoms with Crippen molar-refractivity contribution < 1.29 is 9.53 Å². The van der Waals surface area contributed by atoms with Crippen molar-refractivity contribution in [2.45, 2.75) is 13.5 Å². The maximum Gasteiger partial charge on any atom is 0.272 e. The van der Waals surface area contributed by atoms with E-state index in [2.05, 4.69) is 16.0 Å². The molecule has 0 bridgehead atoms. The van der Waals surface area contributed by atoms with E-state index in [1.54, 1.807) is 30.7 Å². The number of nitrogens with zero attached hydrogens (tertiary/aromatic N) is 4. The molecular weight excluding hydrogens is 440 g/mol. The summed E-state index contributed by atoms with van der Waals surface area (Å²) in [7, 11) is 1.66. The number of hydrogen-bond acceptors (Lipinski definition) is 5. The number of hydrogen-bond donors (Lipinski definition) is 0. The van der Waals surface area contributed by atoms with Crippen LogP contribution >= 0.6 is 0 Å². The lowest BCUT2D eigenvalue weighted by atomic mass is 10.1. The van der Waals surface area contributed by atoms with Gasteiger partial charge in [0, 0.05) is 43.5 Å². The molecule has 7 heteroatoms. The first-order valence-electron chi connectivity index (χ1n) is 11.8. The van der Waals surface area contributed by atoms with Crippen molar-refractivity contribution in [2.24, 2.45) is 0 Å². The first-order valence-corrected chi connectivity index (χ1v) is 11.8. The molecule has 0 saturated carbocycles. The van der Waals surface area contributed by atoms with Crippen molar-refractivity contribution in [1.82, 2.24) is 14.5 Å². The molecular formula is C28H28N4O3. The van der Waals surface area contributed by atoms with E-state index >= 15 is 0 Å². The van der Waals surface area contributed by atoms with Crippen LogP contribution < -0.4 is 15.2 Å². The monoisotopic (exact) mass is 468 g/mol. The van der Waals surface area contributed by atoms with E-state index in [9.17, 15) is 9.59 Å². The second-order valence-corrected chi connectivity index (χ2v) is 8.76. The maximum absolute atomic E-state index is 13.3. The highest BCUT2D eigenvalue weighted by Crippen LogP contribution is 2.23. The Balaban J connectivity index is 1.36. The van der Waals surface area contributed by atoms with Gasteiger partial charge in [-0.2, -0.15) is 0 Å². The number of rotatable bonds is 5. The Labute approximate surface area is 204 Å². The second-order valence-electron chi connectivity index (χ2n) is 8.76. The molecule has 1 fully saturated rings. The Bertz CT molecular complexity index is 1420. The summed E-state index contributed by atoms with van der Waals surface area (Å²) in [6.45, 7) is 4.94. The molecule has 7 nitrogen and oxygen atoms in total. The van der Waals surface area contributed by atoms with Crippen LogP contribution in [-0.4, -0.2) is 53.6 Å². The van der Waals surface area contributed by atoms with Crippen molar-refractivity contribution >= 4 is 22.6 Å². The number of aryl methyl sites for hydroxylation is 1. The lowest BCUT2D eigenvalue weighted by Gasteiger charge is -2.36. The van der Waals surface area contributed by atoms with E-state index in [4.69, 9.17) is 4.74 Å². The van der Waals surface area contributed by atoms with Crippen LogP contribution in [0.5, 0.6) is 5.75 Å². The van der Waals surface area contributed by atoms with Gasteiger partial charge in [-0.05, 0) is 42.8 Å². The third kappa shape index (κ3) is 4.62. The van der Waals surface area contributed by atoms with E-state index in [0.717, 1.165) is 35.6 Å². The lowest BCUT2D eigenvalue weighted by Crippen LogP contribution is -2.48. The fourth-order valence-corrected chi connectivity index (χ4v) is 4.59. The minimum absolute atomic E-state index is 0.0162. The number of piperazine rings is 1. The normalized spacial score (nSPS) is 13.8. The van der Waals surface area contributed by atoms with Gasteiger partial charge in [0.05, 0.1) is 24.7 Å². The molecule has 0 atom stereocenters. The van der Waals surface area contributed by atoms with Gasteiger partial charge in [0.25, 0.3) is 11.5 Å². The standard InChI is InChI=1S/C28H28N4O3/c1-20-27(33)32(19-21-7-4-3-5-8-21)26-12-11-22(17-25(26)29-20)28(34)31-15-13-30(14-16-31)23-9-6-10-24(18-23)35-2/h3-12,17-18H,13-16,19H2,1-2H3. The number of fused-ring (bicyclic) bond motifs is 1. The number of carbonyl (C=O) groups is 1. The van der Waals surface area contributed by atoms with Gasteiger partial charge in [0.2, 0.25) is 0 Å². The predicted octanol–water partition coefficient (Wildman–Crippen LogP) is 3.72. The van der Waals surface area contributed by atoms with Gasteiger partial charge >= 0.3 is 0 Å². The van der Waals surface area contributed by atoms with Crippen molar-refractivity contribution in [3.8, 4) is 5.75 Å². The molecule has 0 unspecified atom stereocenters. The molecule has 1 amide bonds. The molecule has 0 aliphatic carbocycles. The third-order valence-electron chi connectivity index (χ3n) is 6.52. The molecule has 1 aliphatic heterocycles. The Kier molecular flexibility index (Phi) is 6.23. The SMILES string of the molecule is COc1cccc(N2CCN(C(=O)c3ccc4c(c3)nc(C)c(=O)n4Cc3ccccc3)CC2)c1. The summed E-state index contributed by atoms with van der Waals surface area (Å²) in [6.07, 6.45) is 0. The van der Waals surface area contributed by atoms with E-state index in [1.807, 2.05) is 59.5 Å². The van der Waals surface area contributed by atoms with E-state index in [-0.39, 0.29) is 11.5 Å². The molecule has 3 aromatic carbocycles. The molecule has 0 radical (unpaired) electrons. The van der Waals surface area contributed by atoms with Gasteiger partial charge in [0.1, 0.15) is 11.4 Å². The lowest BCUT2D eigenvalue weighted by molar-refractivity contribution is 0.0747. The average molecular weight is 469 g/mol. The van der Waals surface area contributed by atoms with Crippen LogP contribution in [0.3, 0.4) is 0 Å².